The van der Waals surface area contributed by atoms with Crippen molar-refractivity contribution in [1.82, 2.24) is 0 Å². The average molecular weight is 443 g/mol. The van der Waals surface area contributed by atoms with Crippen LogP contribution in [0.2, 0.25) is 0 Å². The summed E-state index contributed by atoms with van der Waals surface area (Å²) >= 11 is 0. The molecular formula is C25H30O5S. The highest BCUT2D eigenvalue weighted by Crippen LogP contribution is 2.36. The van der Waals surface area contributed by atoms with Gasteiger partial charge in [0.05, 0.1) is 18.5 Å². The number of hydrogen-bond donors (Lipinski definition) is 3. The summed E-state index contributed by atoms with van der Waals surface area (Å²) in [5.41, 5.74) is 3.98. The number of phenols is 1. The Morgan fingerprint density at radius 2 is 1.84 bits per heavy atom. The van der Waals surface area contributed by atoms with Crippen LogP contribution in [0.1, 0.15) is 37.8 Å². The van der Waals surface area contributed by atoms with Crippen molar-refractivity contribution < 1.29 is 23.7 Å². The van der Waals surface area contributed by atoms with Crippen molar-refractivity contribution >= 4 is 21.5 Å². The summed E-state index contributed by atoms with van der Waals surface area (Å²) < 4.78 is 25.0. The molecular weight excluding hydrogens is 412 g/mol. The molecule has 2 atom stereocenters. The highest BCUT2D eigenvalue weighted by atomic mass is 32.2. The van der Waals surface area contributed by atoms with Crippen LogP contribution < -0.4 is 0 Å². The summed E-state index contributed by atoms with van der Waals surface area (Å²) in [4.78, 5) is 0. The fourth-order valence-corrected chi connectivity index (χ4v) is 6.21. The largest absolute Gasteiger partial charge is 0.508 e. The van der Waals surface area contributed by atoms with Crippen LogP contribution in [0.15, 0.2) is 65.7 Å². The molecule has 31 heavy (non-hydrogen) atoms. The van der Waals surface area contributed by atoms with E-state index in [4.69, 9.17) is 0 Å². The summed E-state index contributed by atoms with van der Waals surface area (Å²) in [5.74, 6) is 0.0507. The fourth-order valence-electron chi connectivity index (χ4n) is 4.16. The molecule has 0 spiro atoms. The molecule has 166 valence electrons. The van der Waals surface area contributed by atoms with Crippen molar-refractivity contribution in [2.24, 2.45) is 5.92 Å². The lowest BCUT2D eigenvalue weighted by atomic mass is 9.89. The van der Waals surface area contributed by atoms with Gasteiger partial charge in [-0.1, -0.05) is 62.4 Å². The van der Waals surface area contributed by atoms with Crippen molar-refractivity contribution in [3.63, 3.8) is 0 Å². The maximum atomic E-state index is 12.5. The van der Waals surface area contributed by atoms with Crippen LogP contribution in [0, 0.1) is 5.92 Å². The predicted molar refractivity (Wildman–Crippen MR) is 124 cm³/mol. The zero-order valence-electron chi connectivity index (χ0n) is 17.9. The molecule has 0 bridgehead atoms. The normalized spacial score (nSPS) is 19.8. The first-order chi connectivity index (χ1) is 14.7. The number of benzene rings is 2. The monoisotopic (exact) mass is 442 g/mol. The van der Waals surface area contributed by atoms with Crippen molar-refractivity contribution in [2.75, 3.05) is 12.4 Å². The van der Waals surface area contributed by atoms with Crippen LogP contribution in [0.5, 0.6) is 5.75 Å². The van der Waals surface area contributed by atoms with E-state index in [1.54, 1.807) is 18.2 Å². The molecule has 0 aromatic heterocycles. The molecule has 0 amide bonds. The van der Waals surface area contributed by atoms with E-state index in [2.05, 4.69) is 0 Å². The lowest BCUT2D eigenvalue weighted by molar-refractivity contribution is 0.189. The Labute approximate surface area is 184 Å². The first-order valence-electron chi connectivity index (χ1n) is 10.5. The van der Waals surface area contributed by atoms with Gasteiger partial charge in [0, 0.05) is 0 Å². The van der Waals surface area contributed by atoms with Crippen molar-refractivity contribution in [2.45, 2.75) is 38.0 Å². The third kappa shape index (κ3) is 5.45. The maximum Gasteiger partial charge on any atom is 0.163 e. The number of allylic oxidation sites excluding steroid dienone is 1. The van der Waals surface area contributed by atoms with Gasteiger partial charge < -0.3 is 15.3 Å². The fraction of sp³-hybridized carbons (Fsp3) is 0.360. The van der Waals surface area contributed by atoms with Crippen LogP contribution in [-0.2, 0) is 9.84 Å². The molecule has 1 aliphatic heterocycles. The molecule has 0 fully saturated rings. The van der Waals surface area contributed by atoms with Crippen molar-refractivity contribution in [3.8, 4) is 5.75 Å². The van der Waals surface area contributed by atoms with E-state index in [1.165, 1.54) is 0 Å². The van der Waals surface area contributed by atoms with Gasteiger partial charge in [0.25, 0.3) is 0 Å². The maximum absolute atomic E-state index is 12.5. The van der Waals surface area contributed by atoms with Crippen LogP contribution in [0.3, 0.4) is 0 Å². The van der Waals surface area contributed by atoms with Gasteiger partial charge in [0.2, 0.25) is 0 Å². The highest BCUT2D eigenvalue weighted by molar-refractivity contribution is 7.92. The first kappa shape index (κ1) is 23.3. The quantitative estimate of drug-likeness (QED) is 0.427. The molecule has 2 aromatic carbocycles. The molecule has 5 nitrogen and oxygen atoms in total. The molecule has 0 aliphatic carbocycles. The molecule has 0 saturated carbocycles. The molecule has 1 aliphatic rings. The standard InChI is InChI=1S/C25H30O5S/c1-17(2)22-16-31(29,30)24(15-26)25(22)23(28)12-11-20(19-8-4-3-5-9-19)13-18-7-6-10-21(27)14-18/h3-10,13-14,17,23-24,26-28H,11-12,15-16H2,1-2H3/b20-13-/t23-,24+/m1/s1. The number of aromatic hydroxyl groups is 1. The third-order valence-corrected chi connectivity index (χ3v) is 7.76. The second kappa shape index (κ2) is 9.81. The minimum Gasteiger partial charge on any atom is -0.508 e. The van der Waals surface area contributed by atoms with Gasteiger partial charge in [0.15, 0.2) is 9.84 Å². The number of hydrogen-bond acceptors (Lipinski definition) is 5. The molecule has 2 aromatic rings. The summed E-state index contributed by atoms with van der Waals surface area (Å²) in [5, 5.41) is 29.5. The SMILES string of the molecule is CC(C)C1=C([C@H](O)CC/C(=C/c2cccc(O)c2)c2ccccc2)[C@H](CO)S(=O)(=O)C1. The van der Waals surface area contributed by atoms with Gasteiger partial charge in [-0.25, -0.2) is 8.42 Å². The lowest BCUT2D eigenvalue weighted by Crippen LogP contribution is -2.29. The Bertz CT molecular complexity index is 1070. The van der Waals surface area contributed by atoms with E-state index in [0.29, 0.717) is 24.0 Å². The van der Waals surface area contributed by atoms with Gasteiger partial charge in [-0.15, -0.1) is 0 Å². The summed E-state index contributed by atoms with van der Waals surface area (Å²) in [6.45, 7) is 3.30. The van der Waals surface area contributed by atoms with Crippen LogP contribution in [0.25, 0.3) is 11.6 Å². The number of rotatable bonds is 8. The Morgan fingerprint density at radius 3 is 2.45 bits per heavy atom. The van der Waals surface area contributed by atoms with E-state index in [1.807, 2.05) is 56.3 Å². The van der Waals surface area contributed by atoms with E-state index in [9.17, 15) is 23.7 Å². The minimum absolute atomic E-state index is 0.0209. The smallest absolute Gasteiger partial charge is 0.163 e. The van der Waals surface area contributed by atoms with Crippen LogP contribution in [0.4, 0.5) is 0 Å². The third-order valence-electron chi connectivity index (χ3n) is 5.77. The summed E-state index contributed by atoms with van der Waals surface area (Å²) in [6, 6.07) is 16.7. The average Bonchev–Trinajstić information content (AvgIpc) is 3.02. The number of sulfone groups is 1. The number of aliphatic hydroxyl groups is 2. The van der Waals surface area contributed by atoms with E-state index < -0.39 is 27.8 Å². The van der Waals surface area contributed by atoms with E-state index in [0.717, 1.165) is 16.7 Å². The zero-order valence-corrected chi connectivity index (χ0v) is 18.7. The molecule has 0 saturated heterocycles. The van der Waals surface area contributed by atoms with Gasteiger partial charge in [-0.2, -0.15) is 0 Å². The molecule has 1 heterocycles. The topological polar surface area (TPSA) is 94.8 Å². The molecule has 6 heteroatoms. The molecule has 0 radical (unpaired) electrons. The Kier molecular flexibility index (Phi) is 7.36. The second-order valence-corrected chi connectivity index (χ2v) is 10.5. The number of aliphatic hydroxyl groups excluding tert-OH is 2. The molecule has 3 rings (SSSR count). The highest BCUT2D eigenvalue weighted by Gasteiger charge is 2.41. The van der Waals surface area contributed by atoms with E-state index >= 15 is 0 Å². The van der Waals surface area contributed by atoms with E-state index in [-0.39, 0.29) is 17.4 Å². The number of phenolic OH excluding ortho intramolecular Hbond substituents is 1. The van der Waals surface area contributed by atoms with Gasteiger partial charge >= 0.3 is 0 Å². The zero-order chi connectivity index (χ0) is 22.6. The van der Waals surface area contributed by atoms with Crippen molar-refractivity contribution in [1.29, 1.82) is 0 Å². The molecule has 0 unspecified atom stereocenters. The van der Waals surface area contributed by atoms with Gasteiger partial charge in [-0.05, 0) is 58.7 Å². The van der Waals surface area contributed by atoms with Gasteiger partial charge in [-0.3, -0.25) is 0 Å². The van der Waals surface area contributed by atoms with Crippen molar-refractivity contribution in [3.05, 3.63) is 76.9 Å². The Balaban J connectivity index is 1.90. The Morgan fingerprint density at radius 1 is 1.13 bits per heavy atom. The predicted octanol–water partition coefficient (Wildman–Crippen LogP) is 3.82. The van der Waals surface area contributed by atoms with Crippen LogP contribution in [-0.4, -0.2) is 47.5 Å². The summed E-state index contributed by atoms with van der Waals surface area (Å²) in [7, 11) is -3.50. The molecule has 3 N–H and O–H groups in total. The Hall–Kier alpha value is -2.41. The first-order valence-corrected chi connectivity index (χ1v) is 12.2. The summed E-state index contributed by atoms with van der Waals surface area (Å²) in [6.07, 6.45) is 1.85. The lowest BCUT2D eigenvalue weighted by Gasteiger charge is -2.21. The van der Waals surface area contributed by atoms with Gasteiger partial charge in [0.1, 0.15) is 11.0 Å². The minimum atomic E-state index is -3.50. The van der Waals surface area contributed by atoms with Crippen LogP contribution >= 0.6 is 0 Å². The second-order valence-electron chi connectivity index (χ2n) is 8.30.